The summed E-state index contributed by atoms with van der Waals surface area (Å²) >= 11 is 0. The molecule has 18 heavy (non-hydrogen) atoms. The molecule has 2 rings (SSSR count). The van der Waals surface area contributed by atoms with E-state index in [2.05, 4.69) is 0 Å². The van der Waals surface area contributed by atoms with Gasteiger partial charge in [-0.2, -0.15) is 5.26 Å². The second kappa shape index (κ2) is 5.48. The van der Waals surface area contributed by atoms with Crippen LogP contribution in [0, 0.1) is 11.3 Å². The van der Waals surface area contributed by atoms with Gasteiger partial charge in [-0.05, 0) is 16.7 Å². The minimum absolute atomic E-state index is 0.508. The van der Waals surface area contributed by atoms with Gasteiger partial charge in [-0.3, -0.25) is 0 Å². The molecular formula is C14H11NO2S. The van der Waals surface area contributed by atoms with Crippen molar-refractivity contribution < 1.29 is 8.42 Å². The van der Waals surface area contributed by atoms with Crippen LogP contribution in [0.25, 0.3) is 11.1 Å². The fourth-order valence-corrected chi connectivity index (χ4v) is 2.24. The fourth-order valence-electron chi connectivity index (χ4n) is 1.73. The molecule has 0 spiro atoms. The van der Waals surface area contributed by atoms with E-state index in [1.165, 1.54) is 0 Å². The SMILES string of the molecule is N#CC(c1ccc(-c2ccccc2)cc1)[SH](=O)=O. The molecule has 0 fully saturated rings. The third kappa shape index (κ3) is 2.58. The van der Waals surface area contributed by atoms with Crippen LogP contribution in [0.15, 0.2) is 54.6 Å². The zero-order chi connectivity index (χ0) is 13.0. The average molecular weight is 257 g/mol. The predicted octanol–water partition coefficient (Wildman–Crippen LogP) is 2.53. The minimum atomic E-state index is -2.77. The molecule has 0 heterocycles. The molecule has 1 unspecified atom stereocenters. The van der Waals surface area contributed by atoms with Crippen molar-refractivity contribution in [2.24, 2.45) is 0 Å². The first kappa shape index (κ1) is 12.3. The van der Waals surface area contributed by atoms with Crippen LogP contribution in [-0.2, 0) is 10.7 Å². The van der Waals surface area contributed by atoms with Crippen LogP contribution in [0.3, 0.4) is 0 Å². The Balaban J connectivity index is 2.34. The molecule has 0 radical (unpaired) electrons. The monoisotopic (exact) mass is 257 g/mol. The van der Waals surface area contributed by atoms with Gasteiger partial charge in [0.25, 0.3) is 0 Å². The summed E-state index contributed by atoms with van der Waals surface area (Å²) in [5.41, 5.74) is 2.56. The maximum absolute atomic E-state index is 10.9. The van der Waals surface area contributed by atoms with Gasteiger partial charge in [-0.25, -0.2) is 8.42 Å². The van der Waals surface area contributed by atoms with Gasteiger partial charge in [0.2, 0.25) is 0 Å². The second-order valence-corrected chi connectivity index (χ2v) is 4.89. The first-order chi connectivity index (χ1) is 8.72. The molecule has 90 valence electrons. The molecule has 0 saturated carbocycles. The Kier molecular flexibility index (Phi) is 3.75. The van der Waals surface area contributed by atoms with Crippen LogP contribution in [0.4, 0.5) is 0 Å². The van der Waals surface area contributed by atoms with Crippen LogP contribution in [-0.4, -0.2) is 8.42 Å². The number of nitrogens with zero attached hydrogens (tertiary/aromatic N) is 1. The van der Waals surface area contributed by atoms with Crippen molar-refractivity contribution in [2.75, 3.05) is 0 Å². The number of rotatable bonds is 3. The summed E-state index contributed by atoms with van der Waals surface area (Å²) in [6.45, 7) is 0. The summed E-state index contributed by atoms with van der Waals surface area (Å²) < 4.78 is 21.8. The largest absolute Gasteiger partial charge is 0.230 e. The van der Waals surface area contributed by atoms with Gasteiger partial charge < -0.3 is 0 Å². The highest BCUT2D eigenvalue weighted by Crippen LogP contribution is 2.22. The Morgan fingerprint density at radius 2 is 1.44 bits per heavy atom. The second-order valence-electron chi connectivity index (χ2n) is 3.81. The number of hydrogen-bond donors (Lipinski definition) is 1. The van der Waals surface area contributed by atoms with Crippen molar-refractivity contribution in [3.63, 3.8) is 0 Å². The molecule has 0 amide bonds. The Hall–Kier alpha value is -2.12. The number of benzene rings is 2. The third-order valence-electron chi connectivity index (χ3n) is 2.67. The summed E-state index contributed by atoms with van der Waals surface area (Å²) in [7, 11) is -2.77. The highest BCUT2D eigenvalue weighted by molar-refractivity contribution is 7.73. The quantitative estimate of drug-likeness (QED) is 0.860. The van der Waals surface area contributed by atoms with E-state index in [1.807, 2.05) is 42.5 Å². The predicted molar refractivity (Wildman–Crippen MR) is 70.5 cm³/mol. The first-order valence-electron chi connectivity index (χ1n) is 5.41. The van der Waals surface area contributed by atoms with Gasteiger partial charge in [0, 0.05) is 0 Å². The maximum atomic E-state index is 10.9. The molecule has 0 aliphatic heterocycles. The van der Waals surface area contributed by atoms with Crippen LogP contribution in [0.1, 0.15) is 10.8 Å². The number of hydrogen-bond acceptors (Lipinski definition) is 3. The maximum Gasteiger partial charge on any atom is 0.170 e. The Morgan fingerprint density at radius 1 is 0.889 bits per heavy atom. The summed E-state index contributed by atoms with van der Waals surface area (Å²) in [6, 6.07) is 18.6. The van der Waals surface area contributed by atoms with Crippen molar-refractivity contribution in [1.29, 1.82) is 5.26 Å². The highest BCUT2D eigenvalue weighted by Gasteiger charge is 2.12. The van der Waals surface area contributed by atoms with Gasteiger partial charge in [0.1, 0.15) is 0 Å². The van der Waals surface area contributed by atoms with Crippen LogP contribution >= 0.6 is 0 Å². The van der Waals surface area contributed by atoms with Crippen molar-refractivity contribution in [3.8, 4) is 17.2 Å². The van der Waals surface area contributed by atoms with Crippen molar-refractivity contribution in [3.05, 3.63) is 60.2 Å². The normalized spacial score (nSPS) is 12.0. The van der Waals surface area contributed by atoms with E-state index in [1.54, 1.807) is 18.2 Å². The van der Waals surface area contributed by atoms with Gasteiger partial charge in [-0.15, -0.1) is 0 Å². The lowest BCUT2D eigenvalue weighted by Gasteiger charge is -2.05. The first-order valence-corrected chi connectivity index (χ1v) is 6.65. The number of nitriles is 1. The molecule has 2 aromatic carbocycles. The van der Waals surface area contributed by atoms with Crippen LogP contribution < -0.4 is 0 Å². The molecule has 4 heteroatoms. The van der Waals surface area contributed by atoms with E-state index >= 15 is 0 Å². The van der Waals surface area contributed by atoms with Gasteiger partial charge in [0.15, 0.2) is 16.0 Å². The van der Waals surface area contributed by atoms with Gasteiger partial charge in [-0.1, -0.05) is 54.6 Å². The smallest absolute Gasteiger partial charge is 0.170 e. The summed E-state index contributed by atoms with van der Waals surface area (Å²) in [6.07, 6.45) is 0. The highest BCUT2D eigenvalue weighted by atomic mass is 32.2. The lowest BCUT2D eigenvalue weighted by molar-refractivity contribution is 0.610. The fraction of sp³-hybridized carbons (Fsp3) is 0.0714. The van der Waals surface area contributed by atoms with Crippen LogP contribution in [0.2, 0.25) is 0 Å². The summed E-state index contributed by atoms with van der Waals surface area (Å²) in [5.74, 6) is 0. The van der Waals surface area contributed by atoms with E-state index in [-0.39, 0.29) is 0 Å². The minimum Gasteiger partial charge on any atom is -0.230 e. The molecular weight excluding hydrogens is 246 g/mol. The molecule has 3 nitrogen and oxygen atoms in total. The molecule has 0 aromatic heterocycles. The molecule has 0 aliphatic rings. The van der Waals surface area contributed by atoms with Crippen molar-refractivity contribution in [2.45, 2.75) is 5.25 Å². The Morgan fingerprint density at radius 3 is 1.94 bits per heavy atom. The lowest BCUT2D eigenvalue weighted by Crippen LogP contribution is -1.96. The average Bonchev–Trinajstić information content (AvgIpc) is 2.41. The molecule has 1 atom stereocenters. The van der Waals surface area contributed by atoms with E-state index in [0.29, 0.717) is 5.56 Å². The van der Waals surface area contributed by atoms with Gasteiger partial charge in [0.05, 0.1) is 6.07 Å². The third-order valence-corrected chi connectivity index (χ3v) is 3.50. The van der Waals surface area contributed by atoms with Crippen molar-refractivity contribution >= 4 is 10.7 Å². The Labute approximate surface area is 107 Å². The topological polar surface area (TPSA) is 57.9 Å². The molecule has 0 N–H and O–H groups in total. The van der Waals surface area contributed by atoms with E-state index in [0.717, 1.165) is 11.1 Å². The van der Waals surface area contributed by atoms with Crippen molar-refractivity contribution in [1.82, 2.24) is 0 Å². The summed E-state index contributed by atoms with van der Waals surface area (Å²) in [4.78, 5) is 0. The number of thiol groups is 1. The molecule has 0 aliphatic carbocycles. The van der Waals surface area contributed by atoms with E-state index in [4.69, 9.17) is 5.26 Å². The standard InChI is InChI=1S/C14H11NO2S/c15-10-14(18(16)17)13-8-6-12(7-9-13)11-4-2-1-3-5-11/h1-9,14,18H. The van der Waals surface area contributed by atoms with E-state index in [9.17, 15) is 8.42 Å². The lowest BCUT2D eigenvalue weighted by atomic mass is 10.0. The van der Waals surface area contributed by atoms with E-state index < -0.39 is 16.0 Å². The summed E-state index contributed by atoms with van der Waals surface area (Å²) in [5, 5.41) is 7.74. The zero-order valence-electron chi connectivity index (χ0n) is 9.48. The van der Waals surface area contributed by atoms with Gasteiger partial charge >= 0.3 is 0 Å². The molecule has 0 saturated heterocycles. The zero-order valence-corrected chi connectivity index (χ0v) is 10.4. The molecule has 0 bridgehead atoms. The Bertz CT molecular complexity index is 632. The van der Waals surface area contributed by atoms with Crippen LogP contribution in [0.5, 0.6) is 0 Å². The molecule has 2 aromatic rings.